The number of hydrogen-bond acceptors (Lipinski definition) is 4. The van der Waals surface area contributed by atoms with Crippen molar-refractivity contribution in [2.45, 2.75) is 44.8 Å². The van der Waals surface area contributed by atoms with Crippen LogP contribution in [0.1, 0.15) is 37.7 Å². The third-order valence-corrected chi connectivity index (χ3v) is 6.88. The van der Waals surface area contributed by atoms with E-state index in [1.165, 1.54) is 18.4 Å². The average molecular weight is 543 g/mol. The van der Waals surface area contributed by atoms with Gasteiger partial charge in [0, 0.05) is 64.9 Å². The summed E-state index contributed by atoms with van der Waals surface area (Å²) < 4.78 is 11.8. The predicted molar refractivity (Wildman–Crippen MR) is 136 cm³/mol. The fourth-order valence-corrected chi connectivity index (χ4v) is 5.02. The molecular weight excluding hydrogens is 503 g/mol. The van der Waals surface area contributed by atoms with E-state index in [1.807, 2.05) is 7.05 Å². The zero-order valence-electron chi connectivity index (χ0n) is 18.9. The van der Waals surface area contributed by atoms with E-state index < -0.39 is 0 Å². The molecule has 1 aromatic rings. The smallest absolute Gasteiger partial charge is 0.193 e. The van der Waals surface area contributed by atoms with Crippen molar-refractivity contribution < 1.29 is 9.47 Å². The number of likely N-dealkylation sites (tertiary alicyclic amines) is 2. The molecule has 3 aliphatic rings. The van der Waals surface area contributed by atoms with E-state index in [1.54, 1.807) is 0 Å². The molecule has 0 bridgehead atoms. The molecule has 1 aromatic carbocycles. The Kier molecular flexibility index (Phi) is 9.87. The lowest BCUT2D eigenvalue weighted by Gasteiger charge is -2.32. The van der Waals surface area contributed by atoms with Crippen LogP contribution in [0, 0.1) is 5.41 Å². The van der Waals surface area contributed by atoms with Gasteiger partial charge < -0.3 is 19.7 Å². The first kappa shape index (κ1) is 24.7. The fourth-order valence-electron chi connectivity index (χ4n) is 5.02. The van der Waals surface area contributed by atoms with E-state index in [0.29, 0.717) is 11.5 Å². The third kappa shape index (κ3) is 7.04. The van der Waals surface area contributed by atoms with Gasteiger partial charge in [0.1, 0.15) is 0 Å². The summed E-state index contributed by atoms with van der Waals surface area (Å²) in [4.78, 5) is 9.44. The highest BCUT2D eigenvalue weighted by Crippen LogP contribution is 2.38. The quantitative estimate of drug-likeness (QED) is 0.248. The first-order valence-corrected chi connectivity index (χ1v) is 11.7. The highest BCUT2D eigenvalue weighted by Gasteiger charge is 2.42. The fraction of sp³-hybridized carbons (Fsp3) is 0.708. The topological polar surface area (TPSA) is 49.3 Å². The van der Waals surface area contributed by atoms with E-state index >= 15 is 0 Å². The second-order valence-corrected chi connectivity index (χ2v) is 9.13. The van der Waals surface area contributed by atoms with Crippen LogP contribution in [0.15, 0.2) is 35.3 Å². The molecule has 1 N–H and O–H groups in total. The molecule has 1 atom stereocenters. The number of ether oxygens (including phenoxy) is 2. The number of rotatable bonds is 7. The first-order chi connectivity index (χ1) is 14.8. The molecule has 0 saturated carbocycles. The third-order valence-electron chi connectivity index (χ3n) is 6.88. The molecule has 0 amide bonds. The molecule has 3 heterocycles. The van der Waals surface area contributed by atoms with Crippen LogP contribution in [-0.2, 0) is 16.0 Å². The lowest BCUT2D eigenvalue weighted by molar-refractivity contribution is 0.00531. The largest absolute Gasteiger partial charge is 0.381 e. The molecular formula is C24H39IN4O2. The molecule has 1 unspecified atom stereocenters. The summed E-state index contributed by atoms with van der Waals surface area (Å²) in [5, 5.41) is 3.54. The summed E-state index contributed by atoms with van der Waals surface area (Å²) in [6.07, 6.45) is 6.13. The maximum Gasteiger partial charge on any atom is 0.193 e. The van der Waals surface area contributed by atoms with Crippen molar-refractivity contribution in [2.24, 2.45) is 10.4 Å². The summed E-state index contributed by atoms with van der Waals surface area (Å²) in [6, 6.07) is 10.8. The molecule has 7 heteroatoms. The zero-order chi connectivity index (χ0) is 20.7. The highest BCUT2D eigenvalue weighted by atomic mass is 127. The second kappa shape index (κ2) is 12.4. The van der Waals surface area contributed by atoms with Crippen LogP contribution in [0.4, 0.5) is 0 Å². The molecule has 0 aromatic heterocycles. The van der Waals surface area contributed by atoms with E-state index in [4.69, 9.17) is 9.47 Å². The van der Waals surface area contributed by atoms with Crippen LogP contribution in [0.3, 0.4) is 0 Å². The van der Waals surface area contributed by atoms with E-state index in [-0.39, 0.29) is 24.0 Å². The van der Waals surface area contributed by atoms with Gasteiger partial charge in [0.25, 0.3) is 0 Å². The van der Waals surface area contributed by atoms with Crippen LogP contribution in [0.25, 0.3) is 0 Å². The molecule has 0 aliphatic carbocycles. The number of hydrogen-bond donors (Lipinski definition) is 1. The first-order valence-electron chi connectivity index (χ1n) is 11.7. The van der Waals surface area contributed by atoms with Crippen molar-refractivity contribution in [1.82, 2.24) is 15.1 Å². The number of aliphatic imine (C=N–C) groups is 1. The van der Waals surface area contributed by atoms with Gasteiger partial charge in [-0.1, -0.05) is 30.3 Å². The minimum atomic E-state index is 0. The Labute approximate surface area is 204 Å². The number of nitrogens with zero attached hydrogens (tertiary/aromatic N) is 3. The summed E-state index contributed by atoms with van der Waals surface area (Å²) in [5.74, 6) is 1.04. The molecule has 0 radical (unpaired) electrons. The number of guanidine groups is 1. The van der Waals surface area contributed by atoms with Crippen molar-refractivity contribution in [3.05, 3.63) is 35.9 Å². The van der Waals surface area contributed by atoms with Gasteiger partial charge >= 0.3 is 0 Å². The Morgan fingerprint density at radius 1 is 1.19 bits per heavy atom. The van der Waals surface area contributed by atoms with Crippen molar-refractivity contribution in [2.75, 3.05) is 59.6 Å². The second-order valence-electron chi connectivity index (χ2n) is 9.13. The van der Waals surface area contributed by atoms with E-state index in [9.17, 15) is 0 Å². The van der Waals surface area contributed by atoms with Gasteiger partial charge in [-0.15, -0.1) is 24.0 Å². The molecule has 31 heavy (non-hydrogen) atoms. The van der Waals surface area contributed by atoms with Crippen LogP contribution in [-0.4, -0.2) is 81.5 Å². The molecule has 1 spiro atoms. The minimum absolute atomic E-state index is 0. The highest BCUT2D eigenvalue weighted by molar-refractivity contribution is 14.0. The number of halogens is 1. The van der Waals surface area contributed by atoms with Gasteiger partial charge in [-0.3, -0.25) is 9.89 Å². The Morgan fingerprint density at radius 2 is 2.00 bits per heavy atom. The molecule has 4 rings (SSSR count). The van der Waals surface area contributed by atoms with Gasteiger partial charge in [-0.2, -0.15) is 0 Å². The van der Waals surface area contributed by atoms with E-state index in [2.05, 4.69) is 50.4 Å². The monoisotopic (exact) mass is 542 g/mol. The Bertz CT molecular complexity index is 673. The molecule has 3 aliphatic heterocycles. The van der Waals surface area contributed by atoms with E-state index in [0.717, 1.165) is 84.3 Å². The van der Waals surface area contributed by atoms with Crippen LogP contribution in [0.2, 0.25) is 0 Å². The van der Waals surface area contributed by atoms with Crippen molar-refractivity contribution in [3.63, 3.8) is 0 Å². The number of piperidine rings is 1. The van der Waals surface area contributed by atoms with Crippen LogP contribution in [0.5, 0.6) is 0 Å². The van der Waals surface area contributed by atoms with Crippen molar-refractivity contribution in [1.29, 1.82) is 0 Å². The maximum absolute atomic E-state index is 6.16. The summed E-state index contributed by atoms with van der Waals surface area (Å²) in [5.41, 5.74) is 1.77. The molecule has 174 valence electrons. The Balaban J connectivity index is 0.00000272. The Hall–Kier alpha value is -0.900. The zero-order valence-corrected chi connectivity index (χ0v) is 21.3. The normalized spacial score (nSPS) is 25.2. The van der Waals surface area contributed by atoms with Gasteiger partial charge in [0.2, 0.25) is 0 Å². The molecule has 3 fully saturated rings. The van der Waals surface area contributed by atoms with Crippen LogP contribution >= 0.6 is 24.0 Å². The lowest BCUT2D eigenvalue weighted by atomic mass is 9.87. The minimum Gasteiger partial charge on any atom is -0.381 e. The summed E-state index contributed by atoms with van der Waals surface area (Å²) in [6.45, 7) is 9.05. The lowest BCUT2D eigenvalue weighted by Crippen LogP contribution is -2.42. The van der Waals surface area contributed by atoms with Gasteiger partial charge in [0.05, 0.1) is 12.7 Å². The Morgan fingerprint density at radius 3 is 2.71 bits per heavy atom. The average Bonchev–Trinajstić information content (AvgIpc) is 3.42. The van der Waals surface area contributed by atoms with Crippen LogP contribution < -0.4 is 5.32 Å². The summed E-state index contributed by atoms with van der Waals surface area (Å²) in [7, 11) is 1.89. The SMILES string of the molecule is CN=C(NCCCOC1CCN(Cc2ccccc2)CC1)N1CCC2(CCOC2)C1.I. The van der Waals surface area contributed by atoms with Gasteiger partial charge in [0.15, 0.2) is 5.96 Å². The standard InChI is InChI=1S/C24H38N4O2.HI/c1-25-23(28-15-10-24(19-28)11-17-29-20-24)26-12-5-16-30-22-8-13-27(14-9-22)18-21-6-3-2-4-7-21;/h2-4,6-7,22H,5,8-20H2,1H3,(H,25,26);1H. The predicted octanol–water partition coefficient (Wildman–Crippen LogP) is 3.36. The summed E-state index contributed by atoms with van der Waals surface area (Å²) >= 11 is 0. The molecule has 3 saturated heterocycles. The van der Waals surface area contributed by atoms with Gasteiger partial charge in [-0.25, -0.2) is 0 Å². The number of benzene rings is 1. The van der Waals surface area contributed by atoms with Crippen molar-refractivity contribution >= 4 is 29.9 Å². The van der Waals surface area contributed by atoms with Crippen molar-refractivity contribution in [3.8, 4) is 0 Å². The maximum atomic E-state index is 6.16. The molecule has 6 nitrogen and oxygen atoms in total. The number of nitrogens with one attached hydrogen (secondary N) is 1. The van der Waals surface area contributed by atoms with Gasteiger partial charge in [-0.05, 0) is 37.7 Å².